The lowest BCUT2D eigenvalue weighted by Crippen LogP contribution is -2.47. The maximum Gasteiger partial charge on any atom is 0.355 e. The Balaban J connectivity index is 2.38. The minimum Gasteiger partial charge on any atom is -0.461 e. The number of nitrogens with one attached hydrogen (secondary N) is 1. The number of hydrogen-bond acceptors (Lipinski definition) is 5. The van der Waals surface area contributed by atoms with Crippen LogP contribution in [0.4, 0.5) is 0 Å². The summed E-state index contributed by atoms with van der Waals surface area (Å²) >= 11 is 1.35. The number of rotatable bonds is 7. The Hall–Kier alpha value is -2.41. The summed E-state index contributed by atoms with van der Waals surface area (Å²) in [5.41, 5.74) is 1.87. The van der Waals surface area contributed by atoms with Crippen molar-refractivity contribution < 1.29 is 19.1 Å². The fraction of sp³-hybridized carbons (Fsp3) is 0.450. The smallest absolute Gasteiger partial charge is 0.355 e. The number of ketones is 1. The molecule has 0 bridgehead atoms. The van der Waals surface area contributed by atoms with Crippen molar-refractivity contribution in [3.8, 4) is 0 Å². The summed E-state index contributed by atoms with van der Waals surface area (Å²) in [5.74, 6) is -0.854. The van der Waals surface area contributed by atoms with Crippen LogP contribution < -0.4 is 0 Å². The summed E-state index contributed by atoms with van der Waals surface area (Å²) in [5, 5.41) is 1.84. The molecule has 1 amide bonds. The third kappa shape index (κ3) is 4.13. The normalized spacial score (nSPS) is 12.1. The zero-order chi connectivity index (χ0) is 20.3. The fourth-order valence-corrected chi connectivity index (χ4v) is 3.91. The molecule has 0 aliphatic rings. The van der Waals surface area contributed by atoms with E-state index >= 15 is 0 Å². The van der Waals surface area contributed by atoms with Gasteiger partial charge in [0.1, 0.15) is 5.69 Å². The highest BCUT2D eigenvalue weighted by Crippen LogP contribution is 2.24. The highest BCUT2D eigenvalue weighted by molar-refractivity contribution is 7.12. The van der Waals surface area contributed by atoms with E-state index in [1.165, 1.54) is 11.3 Å². The lowest BCUT2D eigenvalue weighted by Gasteiger charge is -2.32. The molecule has 1 unspecified atom stereocenters. The molecule has 7 heteroatoms. The average Bonchev–Trinajstić information content (AvgIpc) is 3.22. The first-order chi connectivity index (χ1) is 12.7. The summed E-state index contributed by atoms with van der Waals surface area (Å²) in [6.45, 7) is 10.9. The number of ether oxygens (including phenoxy) is 1. The second-order valence-electron chi connectivity index (χ2n) is 6.67. The number of carbonyl (C=O) groups excluding carboxylic acids is 3. The molecule has 2 rings (SSSR count). The third-order valence-corrected chi connectivity index (χ3v) is 5.34. The number of aryl methyl sites for hydroxylation is 1. The van der Waals surface area contributed by atoms with Gasteiger partial charge >= 0.3 is 5.97 Å². The van der Waals surface area contributed by atoms with Gasteiger partial charge in [-0.3, -0.25) is 9.59 Å². The molecule has 0 fully saturated rings. The van der Waals surface area contributed by atoms with Gasteiger partial charge in [0, 0.05) is 17.3 Å². The zero-order valence-corrected chi connectivity index (χ0v) is 17.4. The number of aromatic nitrogens is 1. The van der Waals surface area contributed by atoms with Gasteiger partial charge in [0.2, 0.25) is 0 Å². The van der Waals surface area contributed by atoms with E-state index in [0.29, 0.717) is 21.7 Å². The second-order valence-corrected chi connectivity index (χ2v) is 7.62. The van der Waals surface area contributed by atoms with Crippen LogP contribution in [0, 0.1) is 13.8 Å². The number of aromatic amines is 1. The second kappa shape index (κ2) is 8.52. The molecule has 0 aliphatic heterocycles. The van der Waals surface area contributed by atoms with Gasteiger partial charge in [-0.25, -0.2) is 4.79 Å². The van der Waals surface area contributed by atoms with Crippen molar-refractivity contribution in [3.63, 3.8) is 0 Å². The SMILES string of the molecule is CCOC(=O)c1[nH]c(C)c(C(=O)C(C)N(C(=O)c2cccs2)C(C)C)c1C. The number of carbonyl (C=O) groups is 3. The molecule has 0 saturated heterocycles. The third-order valence-electron chi connectivity index (χ3n) is 4.48. The number of thiophene rings is 1. The van der Waals surface area contributed by atoms with Crippen molar-refractivity contribution in [3.05, 3.63) is 44.9 Å². The molecule has 2 aromatic rings. The first-order valence-corrected chi connectivity index (χ1v) is 9.85. The molecular weight excluding hydrogens is 364 g/mol. The van der Waals surface area contributed by atoms with Crippen LogP contribution in [0.3, 0.4) is 0 Å². The predicted octanol–water partition coefficient (Wildman–Crippen LogP) is 3.99. The van der Waals surface area contributed by atoms with Crippen molar-refractivity contribution in [2.24, 2.45) is 0 Å². The van der Waals surface area contributed by atoms with Crippen LogP contribution in [0.5, 0.6) is 0 Å². The lowest BCUT2D eigenvalue weighted by molar-refractivity contribution is 0.0518. The van der Waals surface area contributed by atoms with Crippen LogP contribution in [0.2, 0.25) is 0 Å². The summed E-state index contributed by atoms with van der Waals surface area (Å²) < 4.78 is 5.05. The van der Waals surface area contributed by atoms with Crippen molar-refractivity contribution >= 4 is 29.0 Å². The van der Waals surface area contributed by atoms with Crippen molar-refractivity contribution in [1.82, 2.24) is 9.88 Å². The Morgan fingerprint density at radius 2 is 1.89 bits per heavy atom. The molecule has 2 heterocycles. The highest BCUT2D eigenvalue weighted by atomic mass is 32.1. The molecule has 0 spiro atoms. The largest absolute Gasteiger partial charge is 0.461 e. The van der Waals surface area contributed by atoms with Crippen LogP contribution >= 0.6 is 11.3 Å². The van der Waals surface area contributed by atoms with Crippen molar-refractivity contribution in [2.75, 3.05) is 6.61 Å². The molecule has 0 aromatic carbocycles. The quantitative estimate of drug-likeness (QED) is 0.573. The van der Waals surface area contributed by atoms with Gasteiger partial charge in [0.05, 0.1) is 17.5 Å². The van der Waals surface area contributed by atoms with Gasteiger partial charge in [0.15, 0.2) is 5.78 Å². The van der Waals surface area contributed by atoms with E-state index in [1.54, 1.807) is 38.7 Å². The Bertz CT molecular complexity index is 837. The van der Waals surface area contributed by atoms with Gasteiger partial charge in [-0.05, 0) is 58.6 Å². The molecule has 1 N–H and O–H groups in total. The molecule has 2 aromatic heterocycles. The fourth-order valence-electron chi connectivity index (χ4n) is 3.25. The van der Waals surface area contributed by atoms with Gasteiger partial charge in [-0.15, -0.1) is 11.3 Å². The van der Waals surface area contributed by atoms with Gasteiger partial charge in [-0.1, -0.05) is 6.07 Å². The standard InChI is InChI=1S/C20H26N2O4S/c1-7-26-20(25)17-12(4)16(13(5)21-17)18(23)14(6)22(11(2)3)19(24)15-9-8-10-27-15/h8-11,14,21H,7H2,1-6H3. The van der Waals surface area contributed by atoms with E-state index in [-0.39, 0.29) is 30.0 Å². The van der Waals surface area contributed by atoms with E-state index in [2.05, 4.69) is 4.98 Å². The molecule has 27 heavy (non-hydrogen) atoms. The van der Waals surface area contributed by atoms with Crippen LogP contribution in [-0.4, -0.2) is 46.2 Å². The summed E-state index contributed by atoms with van der Waals surface area (Å²) in [6, 6.07) is 2.76. The monoisotopic (exact) mass is 390 g/mol. The number of H-pyrrole nitrogens is 1. The number of Topliss-reactive ketones (excluding diaryl/α,β-unsaturated/α-hetero) is 1. The maximum absolute atomic E-state index is 13.2. The molecule has 0 aliphatic carbocycles. The van der Waals surface area contributed by atoms with E-state index in [0.717, 1.165) is 0 Å². The molecule has 0 saturated carbocycles. The van der Waals surface area contributed by atoms with Crippen LogP contribution in [-0.2, 0) is 4.74 Å². The minimum absolute atomic E-state index is 0.150. The van der Waals surface area contributed by atoms with E-state index in [1.807, 2.05) is 25.3 Å². The summed E-state index contributed by atoms with van der Waals surface area (Å²) in [6.07, 6.45) is 0. The number of amides is 1. The van der Waals surface area contributed by atoms with Crippen LogP contribution in [0.15, 0.2) is 17.5 Å². The summed E-state index contributed by atoms with van der Waals surface area (Å²) in [4.78, 5) is 43.4. The minimum atomic E-state index is -0.664. The number of esters is 1. The Morgan fingerprint density at radius 3 is 2.41 bits per heavy atom. The van der Waals surface area contributed by atoms with E-state index in [9.17, 15) is 14.4 Å². The van der Waals surface area contributed by atoms with Crippen molar-refractivity contribution in [1.29, 1.82) is 0 Å². The van der Waals surface area contributed by atoms with E-state index < -0.39 is 12.0 Å². The Kier molecular flexibility index (Phi) is 6.59. The van der Waals surface area contributed by atoms with Crippen LogP contribution in [0.1, 0.15) is 69.5 Å². The predicted molar refractivity (Wildman–Crippen MR) is 106 cm³/mol. The van der Waals surface area contributed by atoms with Gasteiger partial charge in [-0.2, -0.15) is 0 Å². The lowest BCUT2D eigenvalue weighted by atomic mass is 9.99. The Labute approximate surface area is 163 Å². The molecule has 0 radical (unpaired) electrons. The van der Waals surface area contributed by atoms with Gasteiger partial charge in [0.25, 0.3) is 5.91 Å². The molecular formula is C20H26N2O4S. The number of nitrogens with zero attached hydrogens (tertiary/aromatic N) is 1. The molecule has 6 nitrogen and oxygen atoms in total. The van der Waals surface area contributed by atoms with Crippen LogP contribution in [0.25, 0.3) is 0 Å². The topological polar surface area (TPSA) is 79.5 Å². The zero-order valence-electron chi connectivity index (χ0n) is 16.6. The summed E-state index contributed by atoms with van der Waals surface area (Å²) in [7, 11) is 0. The first kappa shape index (κ1) is 20.9. The number of hydrogen-bond donors (Lipinski definition) is 1. The maximum atomic E-state index is 13.2. The first-order valence-electron chi connectivity index (χ1n) is 8.97. The molecule has 1 atom stereocenters. The average molecular weight is 391 g/mol. The van der Waals surface area contributed by atoms with Crippen molar-refractivity contribution in [2.45, 2.75) is 53.6 Å². The van der Waals surface area contributed by atoms with Gasteiger partial charge < -0.3 is 14.6 Å². The highest BCUT2D eigenvalue weighted by Gasteiger charge is 2.33. The van der Waals surface area contributed by atoms with E-state index in [4.69, 9.17) is 4.74 Å². The molecule has 146 valence electrons. The Morgan fingerprint density at radius 1 is 1.22 bits per heavy atom.